The van der Waals surface area contributed by atoms with Gasteiger partial charge in [0.15, 0.2) is 0 Å². The van der Waals surface area contributed by atoms with E-state index in [4.69, 9.17) is 4.74 Å². The summed E-state index contributed by atoms with van der Waals surface area (Å²) >= 11 is 0. The van der Waals surface area contributed by atoms with Crippen LogP contribution < -0.4 is 0 Å². The number of likely N-dealkylation sites (tertiary alicyclic amines) is 1. The molecule has 1 heterocycles. The first-order chi connectivity index (χ1) is 11.2. The van der Waals surface area contributed by atoms with E-state index in [1.165, 1.54) is 0 Å². The Morgan fingerprint density at radius 3 is 2.91 bits per heavy atom. The van der Waals surface area contributed by atoms with Gasteiger partial charge in [0.25, 0.3) is 0 Å². The zero-order chi connectivity index (χ0) is 16.2. The van der Waals surface area contributed by atoms with E-state index in [1.807, 2.05) is 48.6 Å². The zero-order valence-corrected chi connectivity index (χ0v) is 13.2. The third kappa shape index (κ3) is 3.48. The molecule has 0 radical (unpaired) electrons. The van der Waals surface area contributed by atoms with Crippen LogP contribution in [0.4, 0.5) is 4.79 Å². The fraction of sp³-hybridized carbons (Fsp3) is 0.421. The van der Waals surface area contributed by atoms with Crippen molar-refractivity contribution in [2.45, 2.75) is 31.6 Å². The highest BCUT2D eigenvalue weighted by molar-refractivity contribution is 5.69. The Bertz CT molecular complexity index is 584. The monoisotopic (exact) mass is 313 g/mol. The first-order valence-electron chi connectivity index (χ1n) is 8.13. The molecule has 0 bridgehead atoms. The number of carbonyl (C=O) groups excluding carboxylic acids is 1. The molecule has 4 nitrogen and oxygen atoms in total. The van der Waals surface area contributed by atoms with E-state index >= 15 is 0 Å². The smallest absolute Gasteiger partial charge is 0.410 e. The van der Waals surface area contributed by atoms with Crippen LogP contribution in [0.25, 0.3) is 0 Å². The molecule has 1 aliphatic carbocycles. The van der Waals surface area contributed by atoms with Crippen LogP contribution in [-0.2, 0) is 11.3 Å². The summed E-state index contributed by atoms with van der Waals surface area (Å²) in [5.41, 5.74) is 0.967. The van der Waals surface area contributed by atoms with Crippen molar-refractivity contribution >= 4 is 6.09 Å². The van der Waals surface area contributed by atoms with Gasteiger partial charge in [0, 0.05) is 12.5 Å². The average Bonchev–Trinajstić information content (AvgIpc) is 2.60. The van der Waals surface area contributed by atoms with Crippen molar-refractivity contribution < 1.29 is 14.6 Å². The van der Waals surface area contributed by atoms with Gasteiger partial charge in [-0.15, -0.1) is 6.58 Å². The van der Waals surface area contributed by atoms with Crippen LogP contribution in [0.3, 0.4) is 0 Å². The first-order valence-corrected chi connectivity index (χ1v) is 8.13. The van der Waals surface area contributed by atoms with Gasteiger partial charge in [0.05, 0.1) is 12.1 Å². The number of rotatable bonds is 3. The van der Waals surface area contributed by atoms with Crippen molar-refractivity contribution in [3.8, 4) is 0 Å². The quantitative estimate of drug-likeness (QED) is 0.872. The number of ether oxygens (including phenoxy) is 1. The van der Waals surface area contributed by atoms with E-state index in [9.17, 15) is 9.90 Å². The summed E-state index contributed by atoms with van der Waals surface area (Å²) < 4.78 is 5.48. The van der Waals surface area contributed by atoms with Crippen molar-refractivity contribution in [3.05, 3.63) is 60.7 Å². The van der Waals surface area contributed by atoms with Gasteiger partial charge in [-0.3, -0.25) is 0 Å². The van der Waals surface area contributed by atoms with Gasteiger partial charge in [-0.05, 0) is 24.3 Å². The van der Waals surface area contributed by atoms with Gasteiger partial charge in [0.2, 0.25) is 0 Å². The van der Waals surface area contributed by atoms with Gasteiger partial charge in [-0.2, -0.15) is 0 Å². The summed E-state index contributed by atoms with van der Waals surface area (Å²) in [7, 11) is 0. The minimum absolute atomic E-state index is 0.0565. The SMILES string of the molecule is C=C[C@@H]1C[C@@H]2[C@H](O)CC=C[C@@H]2N(C(=O)OCc2ccccc2)C1. The number of hydrogen-bond donors (Lipinski definition) is 1. The zero-order valence-electron chi connectivity index (χ0n) is 13.2. The molecule has 23 heavy (non-hydrogen) atoms. The average molecular weight is 313 g/mol. The second-order valence-electron chi connectivity index (χ2n) is 6.31. The lowest BCUT2D eigenvalue weighted by Crippen LogP contribution is -2.54. The van der Waals surface area contributed by atoms with E-state index in [0.717, 1.165) is 12.0 Å². The maximum absolute atomic E-state index is 12.5. The summed E-state index contributed by atoms with van der Waals surface area (Å²) in [5.74, 6) is 0.253. The third-order valence-corrected chi connectivity index (χ3v) is 4.78. The Morgan fingerprint density at radius 1 is 1.39 bits per heavy atom. The predicted octanol–water partition coefficient (Wildman–Crippen LogP) is 3.14. The number of nitrogens with zero attached hydrogens (tertiary/aromatic N) is 1. The lowest BCUT2D eigenvalue weighted by atomic mass is 9.76. The largest absolute Gasteiger partial charge is 0.445 e. The van der Waals surface area contributed by atoms with Crippen LogP contribution in [0.15, 0.2) is 55.1 Å². The highest BCUT2D eigenvalue weighted by atomic mass is 16.6. The number of benzene rings is 1. The molecule has 1 aromatic rings. The van der Waals surface area contributed by atoms with E-state index in [-0.39, 0.29) is 30.6 Å². The minimum Gasteiger partial charge on any atom is -0.445 e. The fourth-order valence-electron chi connectivity index (χ4n) is 3.50. The van der Waals surface area contributed by atoms with Gasteiger partial charge >= 0.3 is 6.09 Å². The molecule has 122 valence electrons. The minimum atomic E-state index is -0.405. The van der Waals surface area contributed by atoms with Crippen LogP contribution >= 0.6 is 0 Å². The van der Waals surface area contributed by atoms with Gasteiger partial charge in [-0.1, -0.05) is 48.6 Å². The van der Waals surface area contributed by atoms with Crippen molar-refractivity contribution in [1.82, 2.24) is 4.90 Å². The lowest BCUT2D eigenvalue weighted by molar-refractivity contribution is -0.000353. The summed E-state index contributed by atoms with van der Waals surface area (Å²) in [6.45, 7) is 4.71. The summed E-state index contributed by atoms with van der Waals surface area (Å²) in [4.78, 5) is 14.3. The number of aliphatic hydroxyl groups is 1. The van der Waals surface area contributed by atoms with Crippen molar-refractivity contribution in [3.63, 3.8) is 0 Å². The number of aliphatic hydroxyl groups excluding tert-OH is 1. The molecular weight excluding hydrogens is 290 g/mol. The fourth-order valence-corrected chi connectivity index (χ4v) is 3.50. The highest BCUT2D eigenvalue weighted by Crippen LogP contribution is 2.35. The van der Waals surface area contributed by atoms with Crippen LogP contribution in [0.1, 0.15) is 18.4 Å². The number of amides is 1. The van der Waals surface area contributed by atoms with Gasteiger partial charge < -0.3 is 14.7 Å². The molecule has 3 rings (SSSR count). The Balaban J connectivity index is 1.70. The van der Waals surface area contributed by atoms with E-state index < -0.39 is 6.10 Å². The number of piperidine rings is 1. The van der Waals surface area contributed by atoms with Gasteiger partial charge in [-0.25, -0.2) is 4.79 Å². The molecule has 0 unspecified atom stereocenters. The normalized spacial score (nSPS) is 29.7. The molecule has 2 aliphatic rings. The molecule has 1 saturated heterocycles. The topological polar surface area (TPSA) is 49.8 Å². The third-order valence-electron chi connectivity index (χ3n) is 4.78. The first kappa shape index (κ1) is 15.8. The Morgan fingerprint density at radius 2 is 2.17 bits per heavy atom. The molecule has 1 fully saturated rings. The van der Waals surface area contributed by atoms with Crippen molar-refractivity contribution in [2.24, 2.45) is 11.8 Å². The van der Waals surface area contributed by atoms with Crippen molar-refractivity contribution in [2.75, 3.05) is 6.54 Å². The molecule has 0 spiro atoms. The van der Waals surface area contributed by atoms with Crippen LogP contribution in [0.2, 0.25) is 0 Å². The summed E-state index contributed by atoms with van der Waals surface area (Å²) in [6, 6.07) is 9.57. The molecule has 0 saturated carbocycles. The summed E-state index contributed by atoms with van der Waals surface area (Å²) in [6.07, 6.45) is 6.64. The molecule has 1 amide bonds. The Kier molecular flexibility index (Phi) is 4.82. The second kappa shape index (κ2) is 7.01. The number of hydrogen-bond acceptors (Lipinski definition) is 3. The molecule has 1 N–H and O–H groups in total. The Labute approximate surface area is 137 Å². The van der Waals surface area contributed by atoms with Crippen LogP contribution in [0, 0.1) is 11.8 Å². The van der Waals surface area contributed by atoms with Crippen molar-refractivity contribution in [1.29, 1.82) is 0 Å². The standard InChI is InChI=1S/C19H23NO3/c1-2-14-11-16-17(9-6-10-18(16)21)20(12-14)19(22)23-13-15-7-4-3-5-8-15/h2-9,14,16-18,21H,1,10-13H2/t14-,16+,17+,18-/m1/s1. The molecule has 4 heteroatoms. The maximum atomic E-state index is 12.5. The highest BCUT2D eigenvalue weighted by Gasteiger charge is 2.41. The van der Waals surface area contributed by atoms with Crippen LogP contribution in [0.5, 0.6) is 0 Å². The second-order valence-corrected chi connectivity index (χ2v) is 6.31. The lowest BCUT2D eigenvalue weighted by Gasteiger charge is -2.45. The molecule has 1 aromatic carbocycles. The number of carbonyl (C=O) groups is 1. The molecular formula is C19H23NO3. The maximum Gasteiger partial charge on any atom is 0.410 e. The van der Waals surface area contributed by atoms with E-state index in [1.54, 1.807) is 4.90 Å². The van der Waals surface area contributed by atoms with Crippen LogP contribution in [-0.4, -0.2) is 34.8 Å². The van der Waals surface area contributed by atoms with E-state index in [2.05, 4.69) is 6.58 Å². The van der Waals surface area contributed by atoms with Gasteiger partial charge in [0.1, 0.15) is 6.61 Å². The van der Waals surface area contributed by atoms with E-state index in [0.29, 0.717) is 13.0 Å². The summed E-state index contributed by atoms with van der Waals surface area (Å²) in [5, 5.41) is 10.3. The molecule has 0 aromatic heterocycles. The molecule has 1 aliphatic heterocycles. The molecule has 4 atom stereocenters. The number of fused-ring (bicyclic) bond motifs is 1. The Hall–Kier alpha value is -2.07. The predicted molar refractivity (Wildman–Crippen MR) is 88.7 cm³/mol.